The van der Waals surface area contributed by atoms with Gasteiger partial charge in [0.05, 0.1) is 13.5 Å². The van der Waals surface area contributed by atoms with Crippen LogP contribution in [0.3, 0.4) is 0 Å². The number of methoxy groups -OCH3 is 1. The molecule has 0 radical (unpaired) electrons. The number of hydrogen-bond donors (Lipinski definition) is 2. The minimum atomic E-state index is -0.836. The van der Waals surface area contributed by atoms with E-state index in [0.29, 0.717) is 5.69 Å². The van der Waals surface area contributed by atoms with E-state index < -0.39 is 17.5 Å². The normalized spacial score (nSPS) is 10.8. The van der Waals surface area contributed by atoms with Crippen molar-refractivity contribution in [3.63, 3.8) is 0 Å². The zero-order valence-corrected chi connectivity index (χ0v) is 10.7. The summed E-state index contributed by atoms with van der Waals surface area (Å²) >= 11 is 0. The van der Waals surface area contributed by atoms with Crippen LogP contribution in [0.15, 0.2) is 24.3 Å². The highest BCUT2D eigenvalue weighted by Gasteiger charge is 2.23. The van der Waals surface area contributed by atoms with Crippen molar-refractivity contribution in [1.82, 2.24) is 0 Å². The third-order valence-corrected chi connectivity index (χ3v) is 2.69. The van der Waals surface area contributed by atoms with Gasteiger partial charge in [0.15, 0.2) is 0 Å². The molecule has 98 valence electrons. The molecule has 0 spiro atoms. The van der Waals surface area contributed by atoms with Crippen molar-refractivity contribution >= 4 is 17.7 Å². The van der Waals surface area contributed by atoms with Gasteiger partial charge in [-0.25, -0.2) is 4.79 Å². The fourth-order valence-corrected chi connectivity index (χ4v) is 1.65. The number of carboxylic acids is 1. The van der Waals surface area contributed by atoms with Crippen molar-refractivity contribution in [2.75, 3.05) is 12.4 Å². The molecule has 1 aromatic rings. The van der Waals surface area contributed by atoms with Crippen LogP contribution in [0.4, 0.5) is 10.5 Å². The Morgan fingerprint density at radius 1 is 1.28 bits per heavy atom. The summed E-state index contributed by atoms with van der Waals surface area (Å²) in [5.41, 5.74) is 1.06. The lowest BCUT2D eigenvalue weighted by atomic mass is 9.81. The van der Waals surface area contributed by atoms with E-state index in [1.807, 2.05) is 13.8 Å². The van der Waals surface area contributed by atoms with Gasteiger partial charge in [-0.3, -0.25) is 10.1 Å². The molecule has 1 rings (SSSR count). The molecule has 0 aliphatic rings. The molecule has 0 saturated carbocycles. The Bertz CT molecular complexity index is 437. The lowest BCUT2D eigenvalue weighted by molar-refractivity contribution is -0.138. The summed E-state index contributed by atoms with van der Waals surface area (Å²) in [7, 11) is 1.29. The van der Waals surface area contributed by atoms with Gasteiger partial charge in [0, 0.05) is 11.1 Å². The highest BCUT2D eigenvalue weighted by Crippen LogP contribution is 2.27. The van der Waals surface area contributed by atoms with Crippen LogP contribution >= 0.6 is 0 Å². The number of anilines is 1. The summed E-state index contributed by atoms with van der Waals surface area (Å²) in [4.78, 5) is 21.8. The molecule has 5 heteroatoms. The predicted octanol–water partition coefficient (Wildman–Crippen LogP) is 2.62. The number of amides is 1. The molecule has 18 heavy (non-hydrogen) atoms. The molecule has 0 aliphatic carbocycles. The predicted molar refractivity (Wildman–Crippen MR) is 67.7 cm³/mol. The number of hydrogen-bond acceptors (Lipinski definition) is 3. The van der Waals surface area contributed by atoms with Crippen molar-refractivity contribution in [3.05, 3.63) is 29.8 Å². The molecular weight excluding hydrogens is 234 g/mol. The zero-order valence-electron chi connectivity index (χ0n) is 10.7. The van der Waals surface area contributed by atoms with Crippen LogP contribution in [-0.4, -0.2) is 24.3 Å². The number of benzene rings is 1. The first-order valence-corrected chi connectivity index (χ1v) is 5.52. The second kappa shape index (κ2) is 5.53. The highest BCUT2D eigenvalue weighted by atomic mass is 16.5. The molecule has 0 fully saturated rings. The average Bonchev–Trinajstić information content (AvgIpc) is 2.28. The van der Waals surface area contributed by atoms with E-state index >= 15 is 0 Å². The van der Waals surface area contributed by atoms with Gasteiger partial charge in [-0.15, -0.1) is 0 Å². The van der Waals surface area contributed by atoms with E-state index in [1.165, 1.54) is 7.11 Å². The van der Waals surface area contributed by atoms with E-state index in [0.717, 1.165) is 5.56 Å². The molecule has 0 bridgehead atoms. The Morgan fingerprint density at radius 2 is 1.83 bits per heavy atom. The number of carbonyl (C=O) groups excluding carboxylic acids is 1. The maximum absolute atomic E-state index is 11.0. The summed E-state index contributed by atoms with van der Waals surface area (Å²) in [6, 6.07) is 7.04. The summed E-state index contributed by atoms with van der Waals surface area (Å²) in [5.74, 6) is -0.836. The molecule has 0 aromatic heterocycles. The van der Waals surface area contributed by atoms with Crippen LogP contribution in [0.1, 0.15) is 25.8 Å². The third kappa shape index (κ3) is 3.76. The van der Waals surface area contributed by atoms with Crippen LogP contribution < -0.4 is 5.32 Å². The quantitative estimate of drug-likeness (QED) is 0.862. The van der Waals surface area contributed by atoms with Gasteiger partial charge in [0.1, 0.15) is 0 Å². The van der Waals surface area contributed by atoms with Crippen LogP contribution in [0, 0.1) is 0 Å². The second-order valence-electron chi connectivity index (χ2n) is 4.65. The standard InChI is InChI=1S/C13H17NO4/c1-13(2,8-11(15)16)9-4-6-10(7-5-9)14-12(17)18-3/h4-7H,8H2,1-3H3,(H,14,17)(H,15,16). The molecule has 0 aliphatic heterocycles. The summed E-state index contributed by atoms with van der Waals surface area (Å²) < 4.78 is 4.48. The van der Waals surface area contributed by atoms with Gasteiger partial charge in [0.2, 0.25) is 0 Å². The van der Waals surface area contributed by atoms with Gasteiger partial charge in [-0.1, -0.05) is 26.0 Å². The molecule has 0 unspecified atom stereocenters. The van der Waals surface area contributed by atoms with E-state index in [9.17, 15) is 9.59 Å². The molecule has 0 saturated heterocycles. The Balaban J connectivity index is 2.82. The third-order valence-electron chi connectivity index (χ3n) is 2.69. The van der Waals surface area contributed by atoms with Crippen molar-refractivity contribution in [2.45, 2.75) is 25.7 Å². The second-order valence-corrected chi connectivity index (χ2v) is 4.65. The average molecular weight is 251 g/mol. The maximum Gasteiger partial charge on any atom is 0.411 e. The molecule has 1 aromatic carbocycles. The Hall–Kier alpha value is -2.04. The molecule has 0 heterocycles. The number of ether oxygens (including phenoxy) is 1. The SMILES string of the molecule is COC(=O)Nc1ccc(C(C)(C)CC(=O)O)cc1. The van der Waals surface area contributed by atoms with Gasteiger partial charge >= 0.3 is 12.1 Å². The first kappa shape index (κ1) is 14.0. The van der Waals surface area contributed by atoms with Crippen molar-refractivity contribution < 1.29 is 19.4 Å². The first-order chi connectivity index (χ1) is 8.35. The summed E-state index contributed by atoms with van der Waals surface area (Å²) in [5, 5.41) is 11.4. The monoisotopic (exact) mass is 251 g/mol. The Kier molecular flexibility index (Phi) is 4.31. The van der Waals surface area contributed by atoms with Gasteiger partial charge in [0.25, 0.3) is 0 Å². The number of rotatable bonds is 4. The largest absolute Gasteiger partial charge is 0.481 e. The van der Waals surface area contributed by atoms with Gasteiger partial charge < -0.3 is 9.84 Å². The highest BCUT2D eigenvalue weighted by molar-refractivity contribution is 5.84. The lowest BCUT2D eigenvalue weighted by Gasteiger charge is -2.23. The van der Waals surface area contributed by atoms with Crippen LogP contribution in [0.25, 0.3) is 0 Å². The van der Waals surface area contributed by atoms with Crippen molar-refractivity contribution in [3.8, 4) is 0 Å². The van der Waals surface area contributed by atoms with Crippen LogP contribution in [0.2, 0.25) is 0 Å². The van der Waals surface area contributed by atoms with Crippen molar-refractivity contribution in [2.24, 2.45) is 0 Å². The lowest BCUT2D eigenvalue weighted by Crippen LogP contribution is -2.21. The Labute approximate surface area is 106 Å². The van der Waals surface area contributed by atoms with Gasteiger partial charge in [-0.05, 0) is 17.7 Å². The van der Waals surface area contributed by atoms with Crippen LogP contribution in [-0.2, 0) is 14.9 Å². The molecule has 0 atom stereocenters. The number of carbonyl (C=O) groups is 2. The zero-order chi connectivity index (χ0) is 13.8. The first-order valence-electron chi connectivity index (χ1n) is 5.52. The minimum absolute atomic E-state index is 0.0524. The van der Waals surface area contributed by atoms with Crippen molar-refractivity contribution in [1.29, 1.82) is 0 Å². The fraction of sp³-hybridized carbons (Fsp3) is 0.385. The molecule has 5 nitrogen and oxygen atoms in total. The molecular formula is C13H17NO4. The summed E-state index contributed by atoms with van der Waals surface area (Å²) in [6.07, 6.45) is -0.482. The topological polar surface area (TPSA) is 75.6 Å². The van der Waals surface area contributed by atoms with E-state index in [1.54, 1.807) is 24.3 Å². The van der Waals surface area contributed by atoms with E-state index in [2.05, 4.69) is 10.1 Å². The van der Waals surface area contributed by atoms with Crippen LogP contribution in [0.5, 0.6) is 0 Å². The number of aliphatic carboxylic acids is 1. The molecule has 1 amide bonds. The number of nitrogens with one attached hydrogen (secondary N) is 1. The maximum atomic E-state index is 11.0. The fourth-order valence-electron chi connectivity index (χ4n) is 1.65. The van der Waals surface area contributed by atoms with E-state index in [4.69, 9.17) is 5.11 Å². The smallest absolute Gasteiger partial charge is 0.411 e. The molecule has 2 N–H and O–H groups in total. The number of carboxylic acid groups (broad SMARTS) is 1. The minimum Gasteiger partial charge on any atom is -0.481 e. The summed E-state index contributed by atoms with van der Waals surface area (Å²) in [6.45, 7) is 3.73. The van der Waals surface area contributed by atoms with Gasteiger partial charge in [-0.2, -0.15) is 0 Å². The Morgan fingerprint density at radius 3 is 2.28 bits per heavy atom. The van der Waals surface area contributed by atoms with E-state index in [-0.39, 0.29) is 6.42 Å².